The third-order valence-electron chi connectivity index (χ3n) is 6.73. The number of nitrogens with zero attached hydrogens (tertiary/aromatic N) is 4. The lowest BCUT2D eigenvalue weighted by molar-refractivity contribution is 0.129. The largest absolute Gasteiger partial charge is 0.508 e. The van der Waals surface area contributed by atoms with E-state index in [0.29, 0.717) is 58.5 Å². The Morgan fingerprint density at radius 3 is 2.69 bits per heavy atom. The molecule has 0 bridgehead atoms. The number of anilines is 1. The van der Waals surface area contributed by atoms with Crippen LogP contribution in [0.2, 0.25) is 0 Å². The van der Waals surface area contributed by atoms with E-state index in [1.807, 2.05) is 20.8 Å². The van der Waals surface area contributed by atoms with Crippen molar-refractivity contribution in [2.75, 3.05) is 31.2 Å². The van der Waals surface area contributed by atoms with Crippen LogP contribution in [0.25, 0.3) is 32.9 Å². The number of rotatable bonds is 4. The summed E-state index contributed by atoms with van der Waals surface area (Å²) < 4.78 is 36.7. The summed E-state index contributed by atoms with van der Waals surface area (Å²) in [7, 11) is 0. The molecule has 0 unspecified atom stereocenters. The van der Waals surface area contributed by atoms with E-state index in [4.69, 9.17) is 9.72 Å². The van der Waals surface area contributed by atoms with Crippen LogP contribution in [0.1, 0.15) is 50.9 Å². The van der Waals surface area contributed by atoms with Gasteiger partial charge in [0.25, 0.3) is 0 Å². The fourth-order valence-electron chi connectivity index (χ4n) is 4.89. The SMILES string of the molecule is CCc1c(F)ccc2cc(O)cc(-c3ncc4c(N5CCCCOCC5)nc(C(C)C)nc4c3F)c12. The number of fused-ring (bicyclic) bond motifs is 2. The normalized spacial score (nSPS) is 15.0. The zero-order chi connectivity index (χ0) is 25.4. The number of aromatic nitrogens is 3. The lowest BCUT2D eigenvalue weighted by Gasteiger charge is -2.27. The molecule has 0 saturated carbocycles. The van der Waals surface area contributed by atoms with Gasteiger partial charge in [-0.1, -0.05) is 26.8 Å². The highest BCUT2D eigenvalue weighted by Gasteiger charge is 2.24. The number of halogens is 2. The fraction of sp³-hybridized carbons (Fsp3) is 0.393. The maximum absolute atomic E-state index is 16.3. The number of benzene rings is 2. The highest BCUT2D eigenvalue weighted by atomic mass is 19.1. The molecule has 1 saturated heterocycles. The fourth-order valence-corrected chi connectivity index (χ4v) is 4.89. The second kappa shape index (κ2) is 9.93. The van der Waals surface area contributed by atoms with Crippen LogP contribution < -0.4 is 4.90 Å². The lowest BCUT2D eigenvalue weighted by atomic mass is 9.94. The summed E-state index contributed by atoms with van der Waals surface area (Å²) in [4.78, 5) is 16.0. The summed E-state index contributed by atoms with van der Waals surface area (Å²) in [6.07, 6.45) is 3.90. The Balaban J connectivity index is 1.77. The molecule has 0 radical (unpaired) electrons. The summed E-state index contributed by atoms with van der Waals surface area (Å²) >= 11 is 0. The van der Waals surface area contributed by atoms with Gasteiger partial charge >= 0.3 is 0 Å². The number of hydrogen-bond donors (Lipinski definition) is 1. The minimum Gasteiger partial charge on any atom is -0.508 e. The summed E-state index contributed by atoms with van der Waals surface area (Å²) in [5.74, 6) is 0.145. The van der Waals surface area contributed by atoms with Crippen molar-refractivity contribution in [2.24, 2.45) is 0 Å². The van der Waals surface area contributed by atoms with Gasteiger partial charge in [-0.25, -0.2) is 18.7 Å². The molecule has 4 aromatic rings. The lowest BCUT2D eigenvalue weighted by Crippen LogP contribution is -2.32. The van der Waals surface area contributed by atoms with Crippen molar-refractivity contribution in [3.8, 4) is 17.0 Å². The van der Waals surface area contributed by atoms with E-state index in [1.54, 1.807) is 18.3 Å². The molecule has 0 aliphatic carbocycles. The Bertz CT molecular complexity index is 1430. The number of hydrogen-bond acceptors (Lipinski definition) is 6. The van der Waals surface area contributed by atoms with Gasteiger partial charge in [0.2, 0.25) is 0 Å². The maximum Gasteiger partial charge on any atom is 0.175 e. The van der Waals surface area contributed by atoms with Gasteiger partial charge in [-0.15, -0.1) is 0 Å². The second-order valence-corrected chi connectivity index (χ2v) is 9.52. The third-order valence-corrected chi connectivity index (χ3v) is 6.73. The van der Waals surface area contributed by atoms with Crippen LogP contribution in [0.5, 0.6) is 5.75 Å². The minimum atomic E-state index is -0.612. The van der Waals surface area contributed by atoms with Gasteiger partial charge in [0, 0.05) is 37.4 Å². The monoisotopic (exact) mass is 492 g/mol. The predicted octanol–water partition coefficient (Wildman–Crippen LogP) is 6.13. The molecule has 2 aromatic carbocycles. The van der Waals surface area contributed by atoms with E-state index in [9.17, 15) is 9.50 Å². The molecular formula is C28H30F2N4O2. The van der Waals surface area contributed by atoms with E-state index in [-0.39, 0.29) is 28.7 Å². The zero-order valence-electron chi connectivity index (χ0n) is 20.8. The number of aryl methyl sites for hydroxylation is 1. The second-order valence-electron chi connectivity index (χ2n) is 9.52. The van der Waals surface area contributed by atoms with Gasteiger partial charge < -0.3 is 14.7 Å². The highest BCUT2D eigenvalue weighted by molar-refractivity contribution is 6.01. The van der Waals surface area contributed by atoms with Crippen molar-refractivity contribution in [3.05, 3.63) is 53.5 Å². The molecule has 36 heavy (non-hydrogen) atoms. The molecule has 3 heterocycles. The van der Waals surface area contributed by atoms with Gasteiger partial charge in [-0.3, -0.25) is 4.98 Å². The van der Waals surface area contributed by atoms with Crippen molar-refractivity contribution in [1.82, 2.24) is 15.0 Å². The molecule has 6 nitrogen and oxygen atoms in total. The van der Waals surface area contributed by atoms with Crippen LogP contribution in [0.3, 0.4) is 0 Å². The topological polar surface area (TPSA) is 71.4 Å². The van der Waals surface area contributed by atoms with Crippen molar-refractivity contribution in [2.45, 2.75) is 46.0 Å². The number of phenols is 1. The summed E-state index contributed by atoms with van der Waals surface area (Å²) in [5, 5.41) is 12.1. The van der Waals surface area contributed by atoms with E-state index in [2.05, 4.69) is 14.9 Å². The third kappa shape index (κ3) is 4.34. The van der Waals surface area contributed by atoms with Crippen LogP contribution in [-0.4, -0.2) is 46.4 Å². The average Bonchev–Trinajstić information content (AvgIpc) is 2.83. The number of pyridine rings is 1. The van der Waals surface area contributed by atoms with Gasteiger partial charge in [0.15, 0.2) is 5.82 Å². The Morgan fingerprint density at radius 2 is 1.92 bits per heavy atom. The summed E-state index contributed by atoms with van der Waals surface area (Å²) in [6, 6.07) is 5.96. The Hall–Kier alpha value is -3.39. The van der Waals surface area contributed by atoms with Gasteiger partial charge in [-0.2, -0.15) is 0 Å². The van der Waals surface area contributed by atoms with Gasteiger partial charge in [-0.05, 0) is 53.8 Å². The smallest absolute Gasteiger partial charge is 0.175 e. The highest BCUT2D eigenvalue weighted by Crippen LogP contribution is 2.38. The molecule has 1 aliphatic rings. The number of phenolic OH excluding ortho intramolecular Hbond substituents is 1. The van der Waals surface area contributed by atoms with E-state index >= 15 is 4.39 Å². The van der Waals surface area contributed by atoms with Crippen molar-refractivity contribution in [1.29, 1.82) is 0 Å². The summed E-state index contributed by atoms with van der Waals surface area (Å²) in [6.45, 7) is 8.53. The van der Waals surface area contributed by atoms with E-state index in [1.165, 1.54) is 12.1 Å². The van der Waals surface area contributed by atoms with E-state index < -0.39 is 5.82 Å². The minimum absolute atomic E-state index is 0.0161. The van der Waals surface area contributed by atoms with Crippen LogP contribution in [-0.2, 0) is 11.2 Å². The quantitative estimate of drug-likeness (QED) is 0.369. The number of aromatic hydroxyl groups is 1. The average molecular weight is 493 g/mol. The molecule has 1 aliphatic heterocycles. The summed E-state index contributed by atoms with van der Waals surface area (Å²) in [5.41, 5.74) is 0.990. The van der Waals surface area contributed by atoms with Crippen LogP contribution >= 0.6 is 0 Å². The molecule has 188 valence electrons. The zero-order valence-corrected chi connectivity index (χ0v) is 20.8. The molecule has 8 heteroatoms. The first kappa shape index (κ1) is 24.3. The van der Waals surface area contributed by atoms with E-state index in [0.717, 1.165) is 26.0 Å². The van der Waals surface area contributed by atoms with Crippen molar-refractivity contribution < 1.29 is 18.6 Å². The molecule has 5 rings (SSSR count). The first-order valence-corrected chi connectivity index (χ1v) is 12.5. The van der Waals surface area contributed by atoms with Crippen molar-refractivity contribution in [3.63, 3.8) is 0 Å². The van der Waals surface area contributed by atoms with Crippen molar-refractivity contribution >= 4 is 27.5 Å². The van der Waals surface area contributed by atoms with Gasteiger partial charge in [0.05, 0.1) is 12.0 Å². The van der Waals surface area contributed by atoms with Gasteiger partial charge in [0.1, 0.15) is 34.4 Å². The van der Waals surface area contributed by atoms with Crippen LogP contribution in [0, 0.1) is 11.6 Å². The Labute approximate surface area is 209 Å². The molecule has 1 N–H and O–H groups in total. The Morgan fingerprint density at radius 1 is 1.08 bits per heavy atom. The molecule has 0 atom stereocenters. The molecular weight excluding hydrogens is 462 g/mol. The first-order chi connectivity index (χ1) is 17.4. The Kier molecular flexibility index (Phi) is 6.71. The predicted molar refractivity (Wildman–Crippen MR) is 138 cm³/mol. The first-order valence-electron chi connectivity index (χ1n) is 12.5. The molecule has 0 amide bonds. The molecule has 1 fully saturated rings. The standard InChI is InChI=1S/C28H30F2N4O2/c1-4-19-22(29)8-7-17-13-18(35)14-20(23(17)19)25-24(30)26-21(15-31-25)28(33-27(32-26)16(2)3)34-9-5-6-11-36-12-10-34/h7-8,13-16,35H,4-6,9-12H2,1-3H3. The van der Waals surface area contributed by atoms with Crippen LogP contribution in [0.15, 0.2) is 30.5 Å². The number of ether oxygens (including phenoxy) is 1. The van der Waals surface area contributed by atoms with Crippen LogP contribution in [0.4, 0.5) is 14.6 Å². The molecule has 0 spiro atoms. The maximum atomic E-state index is 16.3. The molecule has 2 aromatic heterocycles.